The quantitative estimate of drug-likeness (QED) is 0.842. The molecule has 2 aromatic carbocycles. The van der Waals surface area contributed by atoms with Crippen molar-refractivity contribution >= 4 is 15.9 Å². The highest BCUT2D eigenvalue weighted by Gasteiger charge is 2.12. The van der Waals surface area contributed by atoms with E-state index in [0.717, 1.165) is 15.6 Å². The summed E-state index contributed by atoms with van der Waals surface area (Å²) in [5.41, 5.74) is 2.36. The van der Waals surface area contributed by atoms with Gasteiger partial charge in [-0.2, -0.15) is 0 Å². The molecule has 0 aliphatic heterocycles. The monoisotopic (exact) mass is 351 g/mol. The first-order chi connectivity index (χ1) is 9.97. The maximum absolute atomic E-state index is 13.6. The Morgan fingerprint density at radius 3 is 2.62 bits per heavy atom. The molecule has 0 aromatic heterocycles. The molecule has 0 aliphatic rings. The van der Waals surface area contributed by atoms with Crippen molar-refractivity contribution in [3.8, 4) is 0 Å². The third-order valence-corrected chi connectivity index (χ3v) is 4.04. The summed E-state index contributed by atoms with van der Waals surface area (Å²) in [4.78, 5) is 0. The zero-order valence-electron chi connectivity index (χ0n) is 12.1. The van der Waals surface area contributed by atoms with Crippen LogP contribution in [-0.2, 0) is 0 Å². The van der Waals surface area contributed by atoms with Crippen molar-refractivity contribution in [1.82, 2.24) is 5.32 Å². The van der Waals surface area contributed by atoms with Gasteiger partial charge in [0, 0.05) is 17.1 Å². The summed E-state index contributed by atoms with van der Waals surface area (Å²) in [6, 6.07) is 12.8. The van der Waals surface area contributed by atoms with Gasteiger partial charge in [-0.3, -0.25) is 0 Å². The number of aryl methyl sites for hydroxylation is 1. The molecular weight excluding hydrogens is 333 g/mol. The molecule has 0 radical (unpaired) electrons. The Hall–Kier alpha value is -1.23. The van der Waals surface area contributed by atoms with Crippen molar-refractivity contribution in [2.45, 2.75) is 26.0 Å². The molecule has 2 aromatic rings. The second-order valence-electron chi connectivity index (χ2n) is 5.21. The zero-order valence-corrected chi connectivity index (χ0v) is 13.7. The van der Waals surface area contributed by atoms with Crippen molar-refractivity contribution in [2.75, 3.05) is 6.54 Å². The first-order valence-corrected chi connectivity index (χ1v) is 7.69. The third-order valence-electron chi connectivity index (χ3n) is 3.55. The fourth-order valence-electron chi connectivity index (χ4n) is 2.12. The van der Waals surface area contributed by atoms with E-state index < -0.39 is 6.10 Å². The summed E-state index contributed by atoms with van der Waals surface area (Å²) in [6.07, 6.45) is -0.597. The van der Waals surface area contributed by atoms with Crippen LogP contribution in [0, 0.1) is 12.7 Å². The van der Waals surface area contributed by atoms with Crippen molar-refractivity contribution in [3.05, 3.63) is 69.4 Å². The van der Waals surface area contributed by atoms with Crippen LogP contribution in [0.5, 0.6) is 0 Å². The molecule has 2 atom stereocenters. The Kier molecular flexibility index (Phi) is 5.51. The summed E-state index contributed by atoms with van der Waals surface area (Å²) in [5, 5.41) is 13.4. The molecule has 21 heavy (non-hydrogen) atoms. The molecule has 4 heteroatoms. The van der Waals surface area contributed by atoms with Crippen LogP contribution < -0.4 is 5.32 Å². The number of rotatable bonds is 5. The van der Waals surface area contributed by atoms with Crippen molar-refractivity contribution in [3.63, 3.8) is 0 Å². The SMILES string of the molecule is Cc1ccc(C(C)NCC(O)c2cccc(Br)c2)cc1F. The van der Waals surface area contributed by atoms with Gasteiger partial charge in [0.05, 0.1) is 6.10 Å². The molecular formula is C17H19BrFNO. The van der Waals surface area contributed by atoms with Gasteiger partial charge in [-0.25, -0.2) is 4.39 Å². The first-order valence-electron chi connectivity index (χ1n) is 6.90. The molecule has 0 aliphatic carbocycles. The minimum Gasteiger partial charge on any atom is -0.387 e. The number of aliphatic hydroxyl groups excluding tert-OH is 1. The average Bonchev–Trinajstić information content (AvgIpc) is 2.47. The van der Waals surface area contributed by atoms with Gasteiger partial charge in [0.25, 0.3) is 0 Å². The minimum atomic E-state index is -0.597. The van der Waals surface area contributed by atoms with Crippen LogP contribution in [0.15, 0.2) is 46.9 Å². The lowest BCUT2D eigenvalue weighted by atomic mass is 10.0. The van der Waals surface area contributed by atoms with Gasteiger partial charge in [-0.15, -0.1) is 0 Å². The molecule has 112 valence electrons. The normalized spacial score (nSPS) is 14.0. The Morgan fingerprint density at radius 1 is 1.19 bits per heavy atom. The number of nitrogens with one attached hydrogen (secondary N) is 1. The largest absolute Gasteiger partial charge is 0.387 e. The molecule has 2 unspecified atom stereocenters. The Bertz CT molecular complexity index is 617. The van der Waals surface area contributed by atoms with Gasteiger partial charge in [-0.05, 0) is 48.7 Å². The Morgan fingerprint density at radius 2 is 1.95 bits per heavy atom. The number of benzene rings is 2. The Balaban J connectivity index is 1.97. The average molecular weight is 352 g/mol. The van der Waals surface area contributed by atoms with E-state index in [1.165, 1.54) is 0 Å². The van der Waals surface area contributed by atoms with Crippen molar-refractivity contribution < 1.29 is 9.50 Å². The summed E-state index contributed by atoms with van der Waals surface area (Å²) in [6.45, 7) is 4.11. The highest BCUT2D eigenvalue weighted by Crippen LogP contribution is 2.20. The predicted molar refractivity (Wildman–Crippen MR) is 86.7 cm³/mol. The molecule has 0 saturated carbocycles. The van der Waals surface area contributed by atoms with Crippen LogP contribution in [-0.4, -0.2) is 11.7 Å². The maximum atomic E-state index is 13.6. The van der Waals surface area contributed by atoms with Crippen LogP contribution in [0.3, 0.4) is 0 Å². The number of aliphatic hydroxyl groups is 1. The Labute approximate surface area is 133 Å². The van der Waals surface area contributed by atoms with E-state index in [4.69, 9.17) is 0 Å². The highest BCUT2D eigenvalue weighted by molar-refractivity contribution is 9.10. The highest BCUT2D eigenvalue weighted by atomic mass is 79.9. The van der Waals surface area contributed by atoms with E-state index in [0.29, 0.717) is 12.1 Å². The van der Waals surface area contributed by atoms with E-state index in [9.17, 15) is 9.50 Å². The molecule has 2 rings (SSSR count). The molecule has 2 N–H and O–H groups in total. The van der Waals surface area contributed by atoms with E-state index in [-0.39, 0.29) is 11.9 Å². The fraction of sp³-hybridized carbons (Fsp3) is 0.294. The van der Waals surface area contributed by atoms with Gasteiger partial charge in [0.15, 0.2) is 0 Å². The lowest BCUT2D eigenvalue weighted by Crippen LogP contribution is -2.24. The summed E-state index contributed by atoms with van der Waals surface area (Å²) < 4.78 is 14.5. The maximum Gasteiger partial charge on any atom is 0.126 e. The summed E-state index contributed by atoms with van der Waals surface area (Å²) >= 11 is 3.39. The molecule has 0 spiro atoms. The molecule has 0 saturated heterocycles. The van der Waals surface area contributed by atoms with E-state index in [1.807, 2.05) is 37.3 Å². The standard InChI is InChI=1S/C17H19BrFNO/c1-11-6-7-13(9-16(11)19)12(2)20-10-17(21)14-4-3-5-15(18)8-14/h3-9,12,17,20-21H,10H2,1-2H3. The summed E-state index contributed by atoms with van der Waals surface area (Å²) in [7, 11) is 0. The lowest BCUT2D eigenvalue weighted by molar-refractivity contribution is 0.170. The fourth-order valence-corrected chi connectivity index (χ4v) is 2.53. The van der Waals surface area contributed by atoms with E-state index in [2.05, 4.69) is 21.2 Å². The van der Waals surface area contributed by atoms with Crippen LogP contribution in [0.2, 0.25) is 0 Å². The van der Waals surface area contributed by atoms with Gasteiger partial charge < -0.3 is 10.4 Å². The number of hydrogen-bond acceptors (Lipinski definition) is 2. The predicted octanol–water partition coefficient (Wildman–Crippen LogP) is 4.28. The van der Waals surface area contributed by atoms with Gasteiger partial charge in [-0.1, -0.05) is 40.2 Å². The lowest BCUT2D eigenvalue weighted by Gasteiger charge is -2.18. The second kappa shape index (κ2) is 7.16. The smallest absolute Gasteiger partial charge is 0.126 e. The van der Waals surface area contributed by atoms with Crippen molar-refractivity contribution in [1.29, 1.82) is 0 Å². The first kappa shape index (κ1) is 16.1. The van der Waals surface area contributed by atoms with E-state index in [1.54, 1.807) is 19.1 Å². The van der Waals surface area contributed by atoms with Crippen LogP contribution in [0.4, 0.5) is 4.39 Å². The van der Waals surface area contributed by atoms with Crippen molar-refractivity contribution in [2.24, 2.45) is 0 Å². The molecule has 0 bridgehead atoms. The van der Waals surface area contributed by atoms with Crippen LogP contribution in [0.25, 0.3) is 0 Å². The molecule has 0 amide bonds. The zero-order chi connectivity index (χ0) is 15.4. The molecule has 0 fully saturated rings. The van der Waals surface area contributed by atoms with Gasteiger partial charge in [0.2, 0.25) is 0 Å². The minimum absolute atomic E-state index is 0.0260. The number of hydrogen-bond donors (Lipinski definition) is 2. The second-order valence-corrected chi connectivity index (χ2v) is 6.13. The van der Waals surface area contributed by atoms with Crippen LogP contribution in [0.1, 0.15) is 35.8 Å². The molecule has 2 nitrogen and oxygen atoms in total. The summed E-state index contributed by atoms with van der Waals surface area (Å²) in [5.74, 6) is -0.200. The topological polar surface area (TPSA) is 32.3 Å². The van der Waals surface area contributed by atoms with E-state index >= 15 is 0 Å². The molecule has 0 heterocycles. The number of halogens is 2. The van der Waals surface area contributed by atoms with Crippen LogP contribution >= 0.6 is 15.9 Å². The van der Waals surface area contributed by atoms with Gasteiger partial charge in [0.1, 0.15) is 5.82 Å². The van der Waals surface area contributed by atoms with Gasteiger partial charge >= 0.3 is 0 Å². The third kappa shape index (κ3) is 4.37.